The van der Waals surface area contributed by atoms with Gasteiger partial charge in [-0.3, -0.25) is 9.78 Å². The van der Waals surface area contributed by atoms with Crippen LogP contribution in [0.3, 0.4) is 0 Å². The van der Waals surface area contributed by atoms with Gasteiger partial charge in [-0.1, -0.05) is 12.1 Å². The molecule has 2 fully saturated rings. The largest absolute Gasteiger partial charge is 0.375 e. The number of piperazine rings is 1. The Labute approximate surface area is 209 Å². The third-order valence-electron chi connectivity index (χ3n) is 6.47. The number of hydrogen-bond donors (Lipinski definition) is 3. The summed E-state index contributed by atoms with van der Waals surface area (Å²) < 4.78 is 10.5. The molecular weight excluding hydrogens is 462 g/mol. The van der Waals surface area contributed by atoms with Gasteiger partial charge in [0.25, 0.3) is 0 Å². The van der Waals surface area contributed by atoms with E-state index in [9.17, 15) is 9.90 Å². The van der Waals surface area contributed by atoms with Crippen LogP contribution < -0.4 is 15.5 Å². The molecule has 0 radical (unpaired) electrons. The van der Waals surface area contributed by atoms with E-state index in [2.05, 4.69) is 37.6 Å². The predicted molar refractivity (Wildman–Crippen MR) is 136 cm³/mol. The molecule has 1 aromatic carbocycles. The van der Waals surface area contributed by atoms with Gasteiger partial charge in [-0.05, 0) is 18.2 Å². The summed E-state index contributed by atoms with van der Waals surface area (Å²) in [6.07, 6.45) is 3.28. The Morgan fingerprint density at radius 1 is 1.19 bits per heavy atom. The molecule has 2 aliphatic heterocycles. The summed E-state index contributed by atoms with van der Waals surface area (Å²) in [7, 11) is 1.54. The van der Waals surface area contributed by atoms with Gasteiger partial charge in [0, 0.05) is 63.5 Å². The van der Waals surface area contributed by atoms with Crippen molar-refractivity contribution >= 4 is 28.4 Å². The molecule has 2 saturated heterocycles. The number of aromatic nitrogens is 3. The molecule has 4 heterocycles. The number of aliphatic hydroxyl groups is 1. The molecule has 0 aliphatic carbocycles. The van der Waals surface area contributed by atoms with Crippen molar-refractivity contribution in [1.82, 2.24) is 25.2 Å². The maximum absolute atomic E-state index is 12.1. The summed E-state index contributed by atoms with van der Waals surface area (Å²) in [4.78, 5) is 29.9. The first-order valence-electron chi connectivity index (χ1n) is 12.1. The molecule has 2 aromatic heterocycles. The number of nitrogens with zero attached hydrogens (tertiary/aromatic N) is 5. The molecule has 3 N–H and O–H groups in total. The Morgan fingerprint density at radius 3 is 2.69 bits per heavy atom. The van der Waals surface area contributed by atoms with Gasteiger partial charge >= 0.3 is 0 Å². The maximum Gasteiger partial charge on any atom is 0.248 e. The number of hydrogen-bond acceptors (Lipinski definition) is 10. The highest BCUT2D eigenvalue weighted by Gasteiger charge is 2.30. The van der Waals surface area contributed by atoms with Gasteiger partial charge in [0.1, 0.15) is 12.1 Å². The van der Waals surface area contributed by atoms with E-state index >= 15 is 0 Å². The first-order chi connectivity index (χ1) is 17.5. The topological polar surface area (TPSA) is 125 Å². The van der Waals surface area contributed by atoms with Crippen molar-refractivity contribution in [3.63, 3.8) is 0 Å². The number of nitrogens with one attached hydrogen (secondary N) is 2. The second-order valence-corrected chi connectivity index (χ2v) is 8.95. The number of carbonyl (C=O) groups is 1. The highest BCUT2D eigenvalue weighted by Crippen LogP contribution is 2.28. The van der Waals surface area contributed by atoms with Crippen LogP contribution in [-0.2, 0) is 14.3 Å². The summed E-state index contributed by atoms with van der Waals surface area (Å²) in [6.45, 7) is 4.67. The molecule has 0 unspecified atom stereocenters. The highest BCUT2D eigenvalue weighted by molar-refractivity contribution is 5.88. The van der Waals surface area contributed by atoms with Gasteiger partial charge in [-0.25, -0.2) is 9.97 Å². The van der Waals surface area contributed by atoms with Crippen LogP contribution in [-0.4, -0.2) is 103 Å². The van der Waals surface area contributed by atoms with Gasteiger partial charge in [0.2, 0.25) is 5.91 Å². The molecule has 1 amide bonds. The Morgan fingerprint density at radius 2 is 1.97 bits per heavy atom. The summed E-state index contributed by atoms with van der Waals surface area (Å²) in [5.74, 6) is -0.746. The van der Waals surface area contributed by atoms with Crippen LogP contribution in [0.5, 0.6) is 0 Å². The van der Waals surface area contributed by atoms with Crippen molar-refractivity contribution in [2.45, 2.75) is 5.79 Å². The van der Waals surface area contributed by atoms with Crippen LogP contribution in [0.15, 0.2) is 42.7 Å². The minimum atomic E-state index is -1.32. The van der Waals surface area contributed by atoms with E-state index in [1.165, 1.54) is 7.11 Å². The standard InChI is InChI=1S/C25H31N7O4/c1-35-15-22(33)32-11-9-31(10-12-32)19-4-2-18(3-5-19)20-14-21-23(28-7-6-27-21)24(30-20)29-17-25(34)16-26-8-13-36-25/h2-7,14,26,34H,8-13,15-17H2,1H3,(H,29,30)/t25-/m1/s1. The van der Waals surface area contributed by atoms with Crippen LogP contribution in [0.2, 0.25) is 0 Å². The minimum Gasteiger partial charge on any atom is -0.375 e. The molecule has 1 atom stereocenters. The fourth-order valence-corrected chi connectivity index (χ4v) is 4.50. The number of methoxy groups -OCH3 is 1. The Kier molecular flexibility index (Phi) is 7.23. The number of anilines is 2. The lowest BCUT2D eigenvalue weighted by atomic mass is 10.1. The number of amides is 1. The fraction of sp³-hybridized carbons (Fsp3) is 0.440. The Hall–Kier alpha value is -3.38. The zero-order valence-electron chi connectivity index (χ0n) is 20.3. The zero-order chi connectivity index (χ0) is 25.0. The molecule has 11 nitrogen and oxygen atoms in total. The normalized spacial score (nSPS) is 20.5. The number of rotatable bonds is 7. The summed E-state index contributed by atoms with van der Waals surface area (Å²) >= 11 is 0. The number of fused-ring (bicyclic) bond motifs is 1. The number of pyridine rings is 1. The number of morpholine rings is 1. The zero-order valence-corrected chi connectivity index (χ0v) is 20.3. The van der Waals surface area contributed by atoms with Crippen LogP contribution in [0.1, 0.15) is 0 Å². The van der Waals surface area contributed by atoms with Crippen molar-refractivity contribution in [2.75, 3.05) is 76.4 Å². The average Bonchev–Trinajstić information content (AvgIpc) is 2.92. The van der Waals surface area contributed by atoms with Gasteiger partial charge in [-0.2, -0.15) is 0 Å². The summed E-state index contributed by atoms with van der Waals surface area (Å²) in [5, 5.41) is 17.0. The van der Waals surface area contributed by atoms with E-state index in [1.807, 2.05) is 23.1 Å². The number of ether oxygens (including phenoxy) is 2. The van der Waals surface area contributed by atoms with Crippen molar-refractivity contribution in [1.29, 1.82) is 0 Å². The average molecular weight is 494 g/mol. The molecule has 11 heteroatoms. The number of benzene rings is 1. The molecule has 5 rings (SSSR count). The third-order valence-corrected chi connectivity index (χ3v) is 6.47. The van der Waals surface area contributed by atoms with Crippen LogP contribution in [0.4, 0.5) is 11.5 Å². The molecule has 0 bridgehead atoms. The van der Waals surface area contributed by atoms with Crippen molar-refractivity contribution < 1.29 is 19.4 Å². The smallest absolute Gasteiger partial charge is 0.248 e. The SMILES string of the molecule is COCC(=O)N1CCN(c2ccc(-c3cc4nccnc4c(NC[C@@]4(O)CNCCO4)n3)cc2)CC1. The summed E-state index contributed by atoms with van der Waals surface area (Å²) in [5.41, 5.74) is 4.13. The van der Waals surface area contributed by atoms with Crippen molar-refractivity contribution in [3.8, 4) is 11.3 Å². The van der Waals surface area contributed by atoms with E-state index in [4.69, 9.17) is 14.5 Å². The molecule has 190 valence electrons. The van der Waals surface area contributed by atoms with Crippen molar-refractivity contribution in [3.05, 3.63) is 42.7 Å². The van der Waals surface area contributed by atoms with Gasteiger partial charge in [-0.15, -0.1) is 0 Å². The second-order valence-electron chi connectivity index (χ2n) is 8.95. The monoisotopic (exact) mass is 493 g/mol. The lowest BCUT2D eigenvalue weighted by Gasteiger charge is -2.36. The minimum absolute atomic E-state index is 0.0285. The van der Waals surface area contributed by atoms with Gasteiger partial charge in [0.05, 0.1) is 30.9 Å². The lowest BCUT2D eigenvalue weighted by molar-refractivity contribution is -0.203. The van der Waals surface area contributed by atoms with E-state index in [0.717, 1.165) is 30.0 Å². The first kappa shape index (κ1) is 24.3. The van der Waals surface area contributed by atoms with E-state index in [0.29, 0.717) is 49.6 Å². The first-order valence-corrected chi connectivity index (χ1v) is 12.1. The van der Waals surface area contributed by atoms with Crippen LogP contribution in [0, 0.1) is 0 Å². The third kappa shape index (κ3) is 5.39. The number of β-amino-alcohol motifs (C(OH)–C–C–N with tert-alkyl or cyclic N) is 1. The van der Waals surface area contributed by atoms with Crippen LogP contribution >= 0.6 is 0 Å². The molecule has 3 aromatic rings. The van der Waals surface area contributed by atoms with E-state index < -0.39 is 5.79 Å². The second kappa shape index (κ2) is 10.7. The molecule has 36 heavy (non-hydrogen) atoms. The molecular formula is C25H31N7O4. The Bertz CT molecular complexity index is 1190. The summed E-state index contributed by atoms with van der Waals surface area (Å²) in [6, 6.07) is 10.1. The molecule has 0 spiro atoms. The lowest BCUT2D eigenvalue weighted by Crippen LogP contribution is -2.53. The quantitative estimate of drug-likeness (QED) is 0.433. The molecule has 0 saturated carbocycles. The van der Waals surface area contributed by atoms with Crippen molar-refractivity contribution in [2.24, 2.45) is 0 Å². The number of carbonyl (C=O) groups excluding carboxylic acids is 1. The highest BCUT2D eigenvalue weighted by atomic mass is 16.6. The van der Waals surface area contributed by atoms with Crippen LogP contribution in [0.25, 0.3) is 22.3 Å². The van der Waals surface area contributed by atoms with Gasteiger partial charge in [0.15, 0.2) is 11.6 Å². The molecule has 2 aliphatic rings. The van der Waals surface area contributed by atoms with E-state index in [1.54, 1.807) is 12.4 Å². The maximum atomic E-state index is 12.1. The fourth-order valence-electron chi connectivity index (χ4n) is 4.50. The van der Waals surface area contributed by atoms with Gasteiger partial charge < -0.3 is 35.0 Å². The predicted octanol–water partition coefficient (Wildman–Crippen LogP) is 0.707. The van der Waals surface area contributed by atoms with E-state index in [-0.39, 0.29) is 19.1 Å². The Balaban J connectivity index is 1.32.